The molecule has 17 heavy (non-hydrogen) atoms. The number of amides is 1. The van der Waals surface area contributed by atoms with Crippen molar-refractivity contribution in [3.63, 3.8) is 0 Å². The van der Waals surface area contributed by atoms with Gasteiger partial charge in [0.1, 0.15) is 8.59 Å². The van der Waals surface area contributed by atoms with Gasteiger partial charge in [0.15, 0.2) is 0 Å². The van der Waals surface area contributed by atoms with Crippen LogP contribution in [0.2, 0.25) is 13.1 Å². The zero-order valence-electron chi connectivity index (χ0n) is 10.9. The number of hydrogen-bond donors (Lipinski definition) is 0. The zero-order chi connectivity index (χ0) is 11.1. The van der Waals surface area contributed by atoms with Gasteiger partial charge in [0, 0.05) is 0 Å². The van der Waals surface area contributed by atoms with Crippen molar-refractivity contribution in [2.24, 2.45) is 4.63 Å². The third-order valence-corrected chi connectivity index (χ3v) is 2.75. The molecule has 0 saturated carbocycles. The van der Waals surface area contributed by atoms with Crippen molar-refractivity contribution in [1.29, 1.82) is 0 Å². The van der Waals surface area contributed by atoms with Gasteiger partial charge in [0.05, 0.1) is 0 Å². The number of rotatable bonds is 1. The Morgan fingerprint density at radius 1 is 1.24 bits per heavy atom. The Balaban J connectivity index is -0.0000000873. The fourth-order valence-corrected chi connectivity index (χ4v) is 1.17. The summed E-state index contributed by atoms with van der Waals surface area (Å²) in [4.78, 5) is 9.47. The Bertz CT molecular complexity index is 305. The van der Waals surface area contributed by atoms with Crippen LogP contribution in [0, 0.1) is 6.08 Å². The van der Waals surface area contributed by atoms with Gasteiger partial charge in [-0.1, -0.05) is 13.8 Å². The summed E-state index contributed by atoms with van der Waals surface area (Å²) in [6, 6.07) is 0. The molecular formula is C11H18Cl2NOSiTi. The molecule has 1 aliphatic rings. The number of carbonyl (C=O) groups excluding carboxylic acids is 1. The van der Waals surface area contributed by atoms with E-state index in [1.165, 1.54) is 16.7 Å². The van der Waals surface area contributed by atoms with Gasteiger partial charge >= 0.3 is 21.7 Å². The van der Waals surface area contributed by atoms with Crippen molar-refractivity contribution in [2.45, 2.75) is 40.3 Å². The smallest absolute Gasteiger partial charge is 1.00 e. The predicted molar refractivity (Wildman–Crippen MR) is 61.4 cm³/mol. The summed E-state index contributed by atoms with van der Waals surface area (Å²) in [7, 11) is -0.629. The zero-order valence-corrected chi connectivity index (χ0v) is 15.0. The molecule has 2 nitrogen and oxygen atoms in total. The van der Waals surface area contributed by atoms with Crippen molar-refractivity contribution in [1.82, 2.24) is 0 Å². The maximum absolute atomic E-state index is 9.47. The van der Waals surface area contributed by atoms with Crippen molar-refractivity contribution < 1.29 is 51.3 Å². The van der Waals surface area contributed by atoms with E-state index in [0.717, 1.165) is 6.42 Å². The third kappa shape index (κ3) is 12.7. The average Bonchev–Trinajstić information content (AvgIpc) is 2.37. The van der Waals surface area contributed by atoms with E-state index in [0.29, 0.717) is 6.41 Å². The molecule has 0 aliphatic heterocycles. The second-order valence-electron chi connectivity index (χ2n) is 3.57. The van der Waals surface area contributed by atoms with Crippen molar-refractivity contribution in [3.8, 4) is 0 Å². The first-order valence-corrected chi connectivity index (χ1v) is 7.12. The van der Waals surface area contributed by atoms with E-state index in [-0.39, 0.29) is 46.5 Å². The molecular weight excluding hydrogens is 309 g/mol. The summed E-state index contributed by atoms with van der Waals surface area (Å²) in [6.45, 7) is 10.4. The van der Waals surface area contributed by atoms with E-state index in [4.69, 9.17) is 0 Å². The van der Waals surface area contributed by atoms with Gasteiger partial charge in [0.25, 0.3) is 0 Å². The Labute approximate surface area is 133 Å². The topological polar surface area (TPSA) is 29.4 Å². The predicted octanol–water partition coefficient (Wildman–Crippen LogP) is -2.86. The van der Waals surface area contributed by atoms with Crippen LogP contribution in [0.1, 0.15) is 27.2 Å². The van der Waals surface area contributed by atoms with Crippen LogP contribution in [0.4, 0.5) is 0 Å². The maximum Gasteiger partial charge on any atom is 3.00 e. The summed E-state index contributed by atoms with van der Waals surface area (Å²) in [5, 5.41) is 0. The molecule has 1 aliphatic carbocycles. The molecule has 95 valence electrons. The Hall–Kier alpha value is 0.461. The van der Waals surface area contributed by atoms with Gasteiger partial charge in [0.2, 0.25) is 6.41 Å². The largest absolute Gasteiger partial charge is 3.00 e. The summed E-state index contributed by atoms with van der Waals surface area (Å²) in [5.74, 6) is 0. The monoisotopic (exact) mass is 326 g/mol. The van der Waals surface area contributed by atoms with Gasteiger partial charge in [-0.25, -0.2) is 5.57 Å². The maximum atomic E-state index is 9.47. The summed E-state index contributed by atoms with van der Waals surface area (Å²) in [5.41, 5.74) is 4.25. The summed E-state index contributed by atoms with van der Waals surface area (Å²) < 4.78 is 3.55. The fourth-order valence-electron chi connectivity index (χ4n) is 0.956. The molecule has 0 aromatic carbocycles. The number of halogens is 2. The molecule has 6 heteroatoms. The Morgan fingerprint density at radius 3 is 1.76 bits per heavy atom. The first-order valence-electron chi connectivity index (χ1n) is 4.67. The number of hydrogen-bond acceptors (Lipinski definition) is 1. The second-order valence-corrected chi connectivity index (χ2v) is 5.72. The van der Waals surface area contributed by atoms with Crippen molar-refractivity contribution in [3.05, 3.63) is 22.8 Å². The van der Waals surface area contributed by atoms with Gasteiger partial charge in [-0.05, 0) is 13.1 Å². The van der Waals surface area contributed by atoms with Crippen LogP contribution in [0.15, 0.2) is 21.4 Å². The Kier molecular flexibility index (Phi) is 22.3. The fraction of sp³-hybridized carbons (Fsp3) is 0.545. The molecule has 0 saturated heterocycles. The van der Waals surface area contributed by atoms with E-state index in [9.17, 15) is 4.79 Å². The van der Waals surface area contributed by atoms with E-state index < -0.39 is 8.59 Å². The van der Waals surface area contributed by atoms with Crippen LogP contribution < -0.4 is 24.8 Å². The molecule has 1 radical (unpaired) electrons. The molecule has 0 bridgehead atoms. The van der Waals surface area contributed by atoms with E-state index >= 15 is 0 Å². The van der Waals surface area contributed by atoms with Crippen LogP contribution in [0.25, 0.3) is 0 Å². The molecule has 0 atom stereocenters. The molecule has 0 aromatic rings. The van der Waals surface area contributed by atoms with Crippen LogP contribution in [-0.4, -0.2) is 15.0 Å². The first kappa shape index (κ1) is 26.1. The molecule has 1 rings (SSSR count). The Morgan fingerprint density at radius 2 is 1.71 bits per heavy atom. The standard InChI is InChI=1S/C8H11.C3H7NOSi.2ClH.Ti/c1-6-4-5-7(2)8(6)3;1-6(2)4-3-5;;;/h4H2,1-3H3;3H,1-2H3;2*1H;/q-1;;;;+3/p-2. The minimum absolute atomic E-state index is 0. The minimum atomic E-state index is -0.629. The molecule has 0 fully saturated rings. The molecule has 0 unspecified atom stereocenters. The molecule has 1 amide bonds. The van der Waals surface area contributed by atoms with Crippen molar-refractivity contribution >= 4 is 15.0 Å². The van der Waals surface area contributed by atoms with Crippen molar-refractivity contribution in [2.75, 3.05) is 0 Å². The van der Waals surface area contributed by atoms with Crippen LogP contribution in [-0.2, 0) is 26.5 Å². The number of carbonyl (C=O) groups is 1. The van der Waals surface area contributed by atoms with E-state index in [1.54, 1.807) is 0 Å². The van der Waals surface area contributed by atoms with Gasteiger partial charge in [-0.15, -0.1) is 13.3 Å². The third-order valence-electron chi connectivity index (χ3n) is 2.13. The van der Waals surface area contributed by atoms with E-state index in [1.807, 2.05) is 13.1 Å². The average molecular weight is 327 g/mol. The second kappa shape index (κ2) is 14.5. The SMILES string of the molecule is CC1=[C-]CC(C)=C1C.C[Si](C)=NC=O.[Cl-].[Cl-].[Ti+3]. The normalized spacial score (nSPS) is 11.7. The van der Waals surface area contributed by atoms with Crippen LogP contribution in [0.3, 0.4) is 0 Å². The number of allylic oxidation sites excluding steroid dienone is 4. The molecule has 0 spiro atoms. The van der Waals surface area contributed by atoms with Crippen LogP contribution in [0.5, 0.6) is 0 Å². The number of nitrogens with zero attached hydrogens (tertiary/aromatic N) is 1. The van der Waals surface area contributed by atoms with Gasteiger partial charge < -0.3 is 24.8 Å². The van der Waals surface area contributed by atoms with E-state index in [2.05, 4.69) is 31.5 Å². The first-order chi connectivity index (χ1) is 6.49. The minimum Gasteiger partial charge on any atom is -1.00 e. The molecule has 0 heterocycles. The van der Waals surface area contributed by atoms with Gasteiger partial charge in [-0.2, -0.15) is 11.1 Å². The van der Waals surface area contributed by atoms with Crippen LogP contribution >= 0.6 is 0 Å². The van der Waals surface area contributed by atoms with Gasteiger partial charge in [-0.3, -0.25) is 15.5 Å². The molecule has 0 aromatic heterocycles. The summed E-state index contributed by atoms with van der Waals surface area (Å²) in [6.07, 6.45) is 4.93. The quantitative estimate of drug-likeness (QED) is 0.290. The summed E-state index contributed by atoms with van der Waals surface area (Å²) >= 11 is 0. The molecule has 0 N–H and O–H groups in total.